The molecule has 0 saturated carbocycles. The lowest BCUT2D eigenvalue weighted by Crippen LogP contribution is -2.49. The normalized spacial score (nSPS) is 14.5. The lowest BCUT2D eigenvalue weighted by atomic mass is 9.98. The van der Waals surface area contributed by atoms with E-state index in [1.807, 2.05) is 11.0 Å². The number of hydrogen-bond donors (Lipinski definition) is 1. The van der Waals surface area contributed by atoms with Gasteiger partial charge < -0.3 is 15.1 Å². The first-order valence-electron chi connectivity index (χ1n) is 9.97. The minimum absolute atomic E-state index is 0.245. The smallest absolute Gasteiger partial charge is 0.224 e. The van der Waals surface area contributed by atoms with Crippen molar-refractivity contribution in [2.75, 3.05) is 42.9 Å². The van der Waals surface area contributed by atoms with Gasteiger partial charge in [-0.05, 0) is 36.1 Å². The van der Waals surface area contributed by atoms with E-state index in [9.17, 15) is 4.79 Å². The van der Waals surface area contributed by atoms with Crippen LogP contribution in [0.5, 0.6) is 0 Å². The topological polar surface area (TPSA) is 35.6 Å². The van der Waals surface area contributed by atoms with Gasteiger partial charge in [-0.15, -0.1) is 0 Å². The Bertz CT molecular complexity index is 749. The molecule has 2 aromatic rings. The summed E-state index contributed by atoms with van der Waals surface area (Å²) in [5.74, 6) is 0.712. The Morgan fingerprint density at radius 1 is 1.00 bits per heavy atom. The van der Waals surface area contributed by atoms with Crippen LogP contribution in [0, 0.1) is 6.92 Å². The highest BCUT2D eigenvalue weighted by atomic mass is 16.2. The van der Waals surface area contributed by atoms with Crippen LogP contribution in [-0.4, -0.2) is 43.5 Å². The SMILES string of the molecule is Cc1cccc(C(C)C)c1NCCC(=O)N1CCN(c2ccccc2)CC1. The number of rotatable bonds is 6. The van der Waals surface area contributed by atoms with Crippen molar-refractivity contribution in [2.45, 2.75) is 33.1 Å². The van der Waals surface area contributed by atoms with Crippen molar-refractivity contribution in [3.63, 3.8) is 0 Å². The zero-order valence-electron chi connectivity index (χ0n) is 16.7. The van der Waals surface area contributed by atoms with Crippen LogP contribution < -0.4 is 10.2 Å². The fourth-order valence-corrected chi connectivity index (χ4v) is 3.72. The zero-order chi connectivity index (χ0) is 19.2. The van der Waals surface area contributed by atoms with Crippen molar-refractivity contribution in [3.8, 4) is 0 Å². The van der Waals surface area contributed by atoms with E-state index in [2.05, 4.69) is 73.5 Å². The van der Waals surface area contributed by atoms with E-state index >= 15 is 0 Å². The average Bonchev–Trinajstić information content (AvgIpc) is 2.69. The highest BCUT2D eigenvalue weighted by Gasteiger charge is 2.21. The maximum atomic E-state index is 12.6. The highest BCUT2D eigenvalue weighted by Crippen LogP contribution is 2.27. The molecule has 1 aliphatic rings. The van der Waals surface area contributed by atoms with E-state index in [1.54, 1.807) is 0 Å². The molecule has 0 bridgehead atoms. The van der Waals surface area contributed by atoms with Crippen LogP contribution in [0.4, 0.5) is 11.4 Å². The lowest BCUT2D eigenvalue weighted by molar-refractivity contribution is -0.131. The van der Waals surface area contributed by atoms with E-state index in [1.165, 1.54) is 22.5 Å². The Morgan fingerprint density at radius 3 is 2.37 bits per heavy atom. The van der Waals surface area contributed by atoms with Gasteiger partial charge in [0.05, 0.1) is 0 Å². The standard InChI is InChI=1S/C23H31N3O/c1-18(2)21-11-7-8-19(3)23(21)24-13-12-22(27)26-16-14-25(15-17-26)20-9-5-4-6-10-20/h4-11,18,24H,12-17H2,1-3H3. The molecule has 1 heterocycles. The minimum atomic E-state index is 0.245. The molecule has 0 unspecified atom stereocenters. The van der Waals surface area contributed by atoms with Crippen molar-refractivity contribution in [1.29, 1.82) is 0 Å². The predicted molar refractivity (Wildman–Crippen MR) is 114 cm³/mol. The number of nitrogens with one attached hydrogen (secondary N) is 1. The number of benzene rings is 2. The van der Waals surface area contributed by atoms with Crippen molar-refractivity contribution < 1.29 is 4.79 Å². The number of para-hydroxylation sites is 2. The monoisotopic (exact) mass is 365 g/mol. The molecule has 4 nitrogen and oxygen atoms in total. The third-order valence-corrected chi connectivity index (χ3v) is 5.32. The molecule has 1 N–H and O–H groups in total. The molecule has 0 spiro atoms. The first-order chi connectivity index (χ1) is 13.1. The molecular formula is C23H31N3O. The quantitative estimate of drug-likeness (QED) is 0.830. The van der Waals surface area contributed by atoms with Crippen LogP contribution in [0.25, 0.3) is 0 Å². The van der Waals surface area contributed by atoms with Crippen molar-refractivity contribution in [1.82, 2.24) is 4.90 Å². The van der Waals surface area contributed by atoms with Gasteiger partial charge >= 0.3 is 0 Å². The summed E-state index contributed by atoms with van der Waals surface area (Å²) >= 11 is 0. The number of nitrogens with zero attached hydrogens (tertiary/aromatic N) is 2. The summed E-state index contributed by atoms with van der Waals surface area (Å²) in [6, 6.07) is 16.8. The van der Waals surface area contributed by atoms with Gasteiger partial charge in [0.15, 0.2) is 0 Å². The molecule has 3 rings (SSSR count). The number of carbonyl (C=O) groups is 1. The molecule has 144 valence electrons. The number of aryl methyl sites for hydroxylation is 1. The summed E-state index contributed by atoms with van der Waals surface area (Å²) in [6.07, 6.45) is 0.539. The van der Waals surface area contributed by atoms with Crippen molar-refractivity contribution in [3.05, 3.63) is 59.7 Å². The van der Waals surface area contributed by atoms with Gasteiger partial charge in [0.25, 0.3) is 0 Å². The van der Waals surface area contributed by atoms with E-state index in [0.717, 1.165) is 26.2 Å². The second-order valence-electron chi connectivity index (χ2n) is 7.57. The summed E-state index contributed by atoms with van der Waals surface area (Å²) < 4.78 is 0. The van der Waals surface area contributed by atoms with Gasteiger partial charge in [-0.25, -0.2) is 0 Å². The second kappa shape index (κ2) is 8.94. The Balaban J connectivity index is 1.48. The van der Waals surface area contributed by atoms with Gasteiger partial charge in [-0.3, -0.25) is 4.79 Å². The Kier molecular flexibility index (Phi) is 6.38. The predicted octanol–water partition coefficient (Wildman–Crippen LogP) is 4.27. The van der Waals surface area contributed by atoms with Gasteiger partial charge in [-0.2, -0.15) is 0 Å². The van der Waals surface area contributed by atoms with Crippen LogP contribution in [0.15, 0.2) is 48.5 Å². The van der Waals surface area contributed by atoms with E-state index in [0.29, 0.717) is 18.9 Å². The molecule has 0 radical (unpaired) electrons. The van der Waals surface area contributed by atoms with E-state index in [-0.39, 0.29) is 5.91 Å². The zero-order valence-corrected chi connectivity index (χ0v) is 16.7. The summed E-state index contributed by atoms with van der Waals surface area (Å²) in [5.41, 5.74) is 4.99. The Labute approximate surface area is 163 Å². The molecule has 0 atom stereocenters. The van der Waals surface area contributed by atoms with Crippen LogP contribution in [0.2, 0.25) is 0 Å². The van der Waals surface area contributed by atoms with E-state index < -0.39 is 0 Å². The Hall–Kier alpha value is -2.49. The van der Waals surface area contributed by atoms with Crippen LogP contribution >= 0.6 is 0 Å². The van der Waals surface area contributed by atoms with Crippen molar-refractivity contribution in [2.24, 2.45) is 0 Å². The third-order valence-electron chi connectivity index (χ3n) is 5.32. The van der Waals surface area contributed by atoms with Crippen LogP contribution in [-0.2, 0) is 4.79 Å². The molecule has 0 aromatic heterocycles. The summed E-state index contributed by atoms with van der Waals surface area (Å²) in [5, 5.41) is 3.51. The highest BCUT2D eigenvalue weighted by molar-refractivity contribution is 5.77. The van der Waals surface area contributed by atoms with Crippen LogP contribution in [0.3, 0.4) is 0 Å². The number of anilines is 2. The minimum Gasteiger partial charge on any atom is -0.384 e. The van der Waals surface area contributed by atoms with Gasteiger partial charge in [0.2, 0.25) is 5.91 Å². The largest absolute Gasteiger partial charge is 0.384 e. The fraction of sp³-hybridized carbons (Fsp3) is 0.435. The second-order valence-corrected chi connectivity index (χ2v) is 7.57. The molecule has 1 amide bonds. The van der Waals surface area contributed by atoms with Crippen LogP contribution in [0.1, 0.15) is 37.3 Å². The first kappa shape index (κ1) is 19.3. The summed E-state index contributed by atoms with van der Waals surface area (Å²) in [7, 11) is 0. The van der Waals surface area contributed by atoms with Crippen molar-refractivity contribution >= 4 is 17.3 Å². The summed E-state index contributed by atoms with van der Waals surface area (Å²) in [4.78, 5) is 17.0. The summed E-state index contributed by atoms with van der Waals surface area (Å²) in [6.45, 7) is 10.6. The van der Waals surface area contributed by atoms with Gasteiger partial charge in [-0.1, -0.05) is 50.2 Å². The molecular weight excluding hydrogens is 334 g/mol. The molecule has 2 aromatic carbocycles. The molecule has 1 saturated heterocycles. The molecule has 27 heavy (non-hydrogen) atoms. The van der Waals surface area contributed by atoms with Gasteiger partial charge in [0, 0.05) is 50.5 Å². The molecule has 1 aliphatic heterocycles. The molecule has 1 fully saturated rings. The number of piperazine rings is 1. The van der Waals surface area contributed by atoms with E-state index in [4.69, 9.17) is 0 Å². The number of amides is 1. The first-order valence-corrected chi connectivity index (χ1v) is 9.97. The lowest BCUT2D eigenvalue weighted by Gasteiger charge is -2.36. The maximum absolute atomic E-state index is 12.6. The molecule has 0 aliphatic carbocycles. The van der Waals surface area contributed by atoms with Gasteiger partial charge in [0.1, 0.15) is 0 Å². The maximum Gasteiger partial charge on any atom is 0.224 e. The number of carbonyl (C=O) groups excluding carboxylic acids is 1. The Morgan fingerprint density at radius 2 is 1.70 bits per heavy atom. The fourth-order valence-electron chi connectivity index (χ4n) is 3.72. The molecule has 4 heteroatoms. The third kappa shape index (κ3) is 4.82. The average molecular weight is 366 g/mol. The number of hydrogen-bond acceptors (Lipinski definition) is 3.